The number of nitrogens with one attached hydrogen (secondary N) is 2. The molecule has 0 heterocycles. The Morgan fingerprint density at radius 2 is 1.60 bits per heavy atom. The molecule has 2 amide bonds. The SMILES string of the molecule is CC=Cc1cccc(CNC[C@@H](O)[C@H](Cc2cc(F)cc(F)c2)NC(=O)c2cc(C)cc(C(=O)N(CCC)CCC)c2)c1. The number of benzene rings is 3. The molecule has 0 aliphatic rings. The van der Waals surface area contributed by atoms with Crippen molar-refractivity contribution < 1.29 is 23.5 Å². The number of aryl methyl sites for hydroxylation is 1. The lowest BCUT2D eigenvalue weighted by atomic mass is 9.99. The molecule has 0 radical (unpaired) electrons. The first-order valence-electron chi connectivity index (χ1n) is 14.9. The predicted octanol–water partition coefficient (Wildman–Crippen LogP) is 6.06. The molecule has 0 saturated carbocycles. The molecular formula is C35H43F2N3O3. The van der Waals surface area contributed by atoms with Crippen LogP contribution in [0.2, 0.25) is 0 Å². The first-order valence-corrected chi connectivity index (χ1v) is 14.9. The number of carbonyl (C=O) groups excluding carboxylic acids is 2. The predicted molar refractivity (Wildman–Crippen MR) is 168 cm³/mol. The monoisotopic (exact) mass is 591 g/mol. The Labute approximate surface area is 253 Å². The molecule has 230 valence electrons. The largest absolute Gasteiger partial charge is 0.390 e. The van der Waals surface area contributed by atoms with Gasteiger partial charge in [-0.25, -0.2) is 8.78 Å². The van der Waals surface area contributed by atoms with Crippen LogP contribution in [-0.4, -0.2) is 53.6 Å². The Balaban J connectivity index is 1.80. The highest BCUT2D eigenvalue weighted by molar-refractivity contribution is 6.00. The number of amides is 2. The van der Waals surface area contributed by atoms with Gasteiger partial charge in [-0.2, -0.15) is 0 Å². The number of nitrogens with zero attached hydrogens (tertiary/aromatic N) is 1. The first-order chi connectivity index (χ1) is 20.6. The molecule has 0 saturated heterocycles. The van der Waals surface area contributed by atoms with Crippen molar-refractivity contribution in [1.82, 2.24) is 15.5 Å². The van der Waals surface area contributed by atoms with Crippen molar-refractivity contribution in [1.29, 1.82) is 0 Å². The standard InChI is InChI=1S/C35H43F2N3O3/c1-5-9-25-10-8-11-26(16-25)22-38-23-33(41)32(19-27-17-30(36)21-31(37)18-27)39-34(42)28-14-24(4)15-29(20-28)35(43)40(12-6-2)13-7-3/h5,8-11,14-18,20-21,32-33,38,41H,6-7,12-13,19,22-23H2,1-4H3,(H,39,42)/t32-,33+/m0/s1. The Morgan fingerprint density at radius 1 is 0.930 bits per heavy atom. The summed E-state index contributed by atoms with van der Waals surface area (Å²) in [6, 6.07) is 15.2. The zero-order valence-electron chi connectivity index (χ0n) is 25.5. The van der Waals surface area contributed by atoms with Gasteiger partial charge in [0, 0.05) is 43.4 Å². The lowest BCUT2D eigenvalue weighted by Gasteiger charge is -2.25. The smallest absolute Gasteiger partial charge is 0.253 e. The van der Waals surface area contributed by atoms with Crippen LogP contribution < -0.4 is 10.6 Å². The van der Waals surface area contributed by atoms with Crippen molar-refractivity contribution in [3.63, 3.8) is 0 Å². The van der Waals surface area contributed by atoms with Gasteiger partial charge >= 0.3 is 0 Å². The van der Waals surface area contributed by atoms with E-state index in [9.17, 15) is 23.5 Å². The summed E-state index contributed by atoms with van der Waals surface area (Å²) in [7, 11) is 0. The molecule has 0 aliphatic heterocycles. The number of allylic oxidation sites excluding steroid dienone is 1. The molecule has 0 aliphatic carbocycles. The highest BCUT2D eigenvalue weighted by Crippen LogP contribution is 2.16. The van der Waals surface area contributed by atoms with Gasteiger partial charge in [0.15, 0.2) is 0 Å². The summed E-state index contributed by atoms with van der Waals surface area (Å²) in [5.74, 6) is -2.11. The van der Waals surface area contributed by atoms with Crippen LogP contribution in [0.3, 0.4) is 0 Å². The van der Waals surface area contributed by atoms with Crippen LogP contribution in [0.15, 0.2) is 66.7 Å². The zero-order valence-corrected chi connectivity index (χ0v) is 25.5. The molecular weight excluding hydrogens is 548 g/mol. The molecule has 0 aromatic heterocycles. The number of carbonyl (C=O) groups is 2. The molecule has 43 heavy (non-hydrogen) atoms. The summed E-state index contributed by atoms with van der Waals surface area (Å²) in [5.41, 5.74) is 3.81. The van der Waals surface area contributed by atoms with Crippen LogP contribution in [0.25, 0.3) is 6.08 Å². The van der Waals surface area contributed by atoms with E-state index in [4.69, 9.17) is 0 Å². The highest BCUT2D eigenvalue weighted by atomic mass is 19.1. The second-order valence-corrected chi connectivity index (χ2v) is 10.9. The van der Waals surface area contributed by atoms with Crippen molar-refractivity contribution in [3.8, 4) is 0 Å². The van der Waals surface area contributed by atoms with Gasteiger partial charge in [0.25, 0.3) is 11.8 Å². The topological polar surface area (TPSA) is 81.7 Å². The van der Waals surface area contributed by atoms with Crippen LogP contribution in [0.1, 0.15) is 76.6 Å². The number of rotatable bonds is 15. The minimum absolute atomic E-state index is 0.00156. The molecule has 8 heteroatoms. The molecule has 3 rings (SSSR count). The normalized spacial score (nSPS) is 12.7. The molecule has 3 N–H and O–H groups in total. The second-order valence-electron chi connectivity index (χ2n) is 10.9. The van der Waals surface area contributed by atoms with Gasteiger partial charge in [-0.15, -0.1) is 0 Å². The third-order valence-corrected chi connectivity index (χ3v) is 7.01. The van der Waals surface area contributed by atoms with E-state index in [1.807, 2.05) is 64.1 Å². The van der Waals surface area contributed by atoms with Crippen LogP contribution in [-0.2, 0) is 13.0 Å². The van der Waals surface area contributed by atoms with Gasteiger partial charge in [0.2, 0.25) is 0 Å². The number of hydrogen-bond acceptors (Lipinski definition) is 4. The van der Waals surface area contributed by atoms with E-state index in [0.29, 0.717) is 30.8 Å². The van der Waals surface area contributed by atoms with Gasteiger partial charge in [0.1, 0.15) is 11.6 Å². The van der Waals surface area contributed by atoms with Gasteiger partial charge < -0.3 is 20.6 Å². The maximum Gasteiger partial charge on any atom is 0.253 e. The van der Waals surface area contributed by atoms with Crippen molar-refractivity contribution in [3.05, 3.63) is 112 Å². The van der Waals surface area contributed by atoms with Crippen LogP contribution in [0.5, 0.6) is 0 Å². The quantitative estimate of drug-likeness (QED) is 0.201. The fraction of sp³-hybridized carbons (Fsp3) is 0.371. The maximum absolute atomic E-state index is 14.0. The Kier molecular flexibility index (Phi) is 13.0. The lowest BCUT2D eigenvalue weighted by molar-refractivity contribution is 0.0755. The van der Waals surface area contributed by atoms with E-state index >= 15 is 0 Å². The highest BCUT2D eigenvalue weighted by Gasteiger charge is 2.24. The molecule has 3 aromatic rings. The van der Waals surface area contributed by atoms with Crippen molar-refractivity contribution in [2.45, 2.75) is 65.6 Å². The summed E-state index contributed by atoms with van der Waals surface area (Å²) in [6.07, 6.45) is 4.51. The summed E-state index contributed by atoms with van der Waals surface area (Å²) in [5, 5.41) is 17.3. The van der Waals surface area contributed by atoms with E-state index in [1.54, 1.807) is 23.1 Å². The summed E-state index contributed by atoms with van der Waals surface area (Å²) < 4.78 is 28.0. The molecule has 6 nitrogen and oxygen atoms in total. The van der Waals surface area contributed by atoms with E-state index in [1.165, 1.54) is 12.1 Å². The van der Waals surface area contributed by atoms with E-state index in [-0.39, 0.29) is 24.4 Å². The van der Waals surface area contributed by atoms with E-state index < -0.39 is 29.7 Å². The number of aliphatic hydroxyl groups excluding tert-OH is 1. The summed E-state index contributed by atoms with van der Waals surface area (Å²) >= 11 is 0. The fourth-order valence-electron chi connectivity index (χ4n) is 5.10. The fourth-order valence-corrected chi connectivity index (χ4v) is 5.10. The minimum Gasteiger partial charge on any atom is -0.390 e. The van der Waals surface area contributed by atoms with Gasteiger partial charge in [-0.3, -0.25) is 9.59 Å². The Bertz CT molecular complexity index is 1380. The minimum atomic E-state index is -1.08. The second kappa shape index (κ2) is 16.7. The molecule has 0 spiro atoms. The van der Waals surface area contributed by atoms with Crippen molar-refractivity contribution in [2.24, 2.45) is 0 Å². The lowest BCUT2D eigenvalue weighted by Crippen LogP contribution is -2.48. The summed E-state index contributed by atoms with van der Waals surface area (Å²) in [6.45, 7) is 9.62. The van der Waals surface area contributed by atoms with E-state index in [0.717, 1.165) is 35.6 Å². The average Bonchev–Trinajstić information content (AvgIpc) is 2.96. The van der Waals surface area contributed by atoms with Gasteiger partial charge in [0.05, 0.1) is 12.1 Å². The van der Waals surface area contributed by atoms with Crippen LogP contribution >= 0.6 is 0 Å². The van der Waals surface area contributed by atoms with Gasteiger partial charge in [-0.05, 0) is 85.7 Å². The van der Waals surface area contributed by atoms with Crippen LogP contribution in [0, 0.1) is 18.6 Å². The van der Waals surface area contributed by atoms with Crippen molar-refractivity contribution in [2.75, 3.05) is 19.6 Å². The maximum atomic E-state index is 14.0. The third-order valence-electron chi connectivity index (χ3n) is 7.01. The zero-order chi connectivity index (χ0) is 31.4. The average molecular weight is 592 g/mol. The van der Waals surface area contributed by atoms with Gasteiger partial charge in [-0.1, -0.05) is 50.3 Å². The van der Waals surface area contributed by atoms with Crippen molar-refractivity contribution >= 4 is 17.9 Å². The third kappa shape index (κ3) is 10.4. The van der Waals surface area contributed by atoms with E-state index in [2.05, 4.69) is 10.6 Å². The number of halogens is 2. The molecule has 0 bridgehead atoms. The first kappa shape index (κ1) is 33.6. The Morgan fingerprint density at radius 3 is 2.26 bits per heavy atom. The summed E-state index contributed by atoms with van der Waals surface area (Å²) in [4.78, 5) is 28.5. The number of aliphatic hydroxyl groups is 1. The van der Waals surface area contributed by atoms with Crippen LogP contribution in [0.4, 0.5) is 8.78 Å². The molecule has 0 unspecified atom stereocenters. The molecule has 0 fully saturated rings. The molecule has 2 atom stereocenters. The Hall–Kier alpha value is -3.88. The molecule has 3 aromatic carbocycles. The number of hydrogen-bond donors (Lipinski definition) is 3.